The molecule has 0 aromatic heterocycles. The summed E-state index contributed by atoms with van der Waals surface area (Å²) >= 11 is 0. The third-order valence-electron chi connectivity index (χ3n) is 4.91. The highest BCUT2D eigenvalue weighted by atomic mass is 14.4. The van der Waals surface area contributed by atoms with Gasteiger partial charge in [-0.05, 0) is 56.3 Å². The van der Waals surface area contributed by atoms with E-state index in [4.69, 9.17) is 0 Å². The largest absolute Gasteiger partial charge is 0.0819 e. The van der Waals surface area contributed by atoms with Crippen LogP contribution >= 0.6 is 0 Å². The zero-order valence-electron chi connectivity index (χ0n) is 12.6. The number of allylic oxidation sites excluding steroid dienone is 2. The van der Waals surface area contributed by atoms with Gasteiger partial charge in [-0.2, -0.15) is 0 Å². The SMILES string of the molecule is CC.CCC(C)C1CCCC2CCC(C)=CC21. The lowest BCUT2D eigenvalue weighted by Crippen LogP contribution is -2.32. The Morgan fingerprint density at radius 3 is 2.59 bits per heavy atom. The summed E-state index contributed by atoms with van der Waals surface area (Å²) in [6.07, 6.45) is 11.3. The van der Waals surface area contributed by atoms with Crippen molar-refractivity contribution in [1.29, 1.82) is 0 Å². The molecule has 0 aromatic rings. The third kappa shape index (κ3) is 3.60. The van der Waals surface area contributed by atoms with E-state index in [0.29, 0.717) is 0 Å². The molecule has 0 saturated heterocycles. The summed E-state index contributed by atoms with van der Waals surface area (Å²) < 4.78 is 0. The molecule has 2 rings (SSSR count). The van der Waals surface area contributed by atoms with Crippen LogP contribution in [-0.2, 0) is 0 Å². The van der Waals surface area contributed by atoms with E-state index in [2.05, 4.69) is 26.8 Å². The van der Waals surface area contributed by atoms with E-state index in [9.17, 15) is 0 Å². The second-order valence-electron chi connectivity index (χ2n) is 5.87. The summed E-state index contributed by atoms with van der Waals surface area (Å²) in [6.45, 7) is 11.1. The first kappa shape index (κ1) is 14.8. The second-order valence-corrected chi connectivity index (χ2v) is 5.87. The van der Waals surface area contributed by atoms with E-state index in [1.54, 1.807) is 5.57 Å². The number of fused-ring (bicyclic) bond motifs is 1. The minimum absolute atomic E-state index is 0.931. The van der Waals surface area contributed by atoms with Gasteiger partial charge in [-0.25, -0.2) is 0 Å². The third-order valence-corrected chi connectivity index (χ3v) is 4.91. The van der Waals surface area contributed by atoms with Gasteiger partial charge in [0.2, 0.25) is 0 Å². The van der Waals surface area contributed by atoms with Gasteiger partial charge in [0.05, 0.1) is 0 Å². The Labute approximate surface area is 109 Å². The van der Waals surface area contributed by atoms with Gasteiger partial charge in [0.25, 0.3) is 0 Å². The van der Waals surface area contributed by atoms with Crippen molar-refractivity contribution in [2.45, 2.75) is 73.1 Å². The van der Waals surface area contributed by atoms with Crippen LogP contribution in [0.3, 0.4) is 0 Å². The molecule has 0 radical (unpaired) electrons. The Balaban J connectivity index is 0.000000686. The van der Waals surface area contributed by atoms with Crippen LogP contribution in [0.15, 0.2) is 11.6 Å². The van der Waals surface area contributed by atoms with Crippen LogP contribution in [-0.4, -0.2) is 0 Å². The fourth-order valence-corrected chi connectivity index (χ4v) is 3.74. The molecular weight excluding hydrogens is 204 g/mol. The zero-order chi connectivity index (χ0) is 12.8. The van der Waals surface area contributed by atoms with Crippen molar-refractivity contribution in [3.8, 4) is 0 Å². The lowest BCUT2D eigenvalue weighted by Gasteiger charge is -2.42. The lowest BCUT2D eigenvalue weighted by atomic mass is 9.63. The highest BCUT2D eigenvalue weighted by Gasteiger charge is 2.35. The Hall–Kier alpha value is -0.260. The summed E-state index contributed by atoms with van der Waals surface area (Å²) in [4.78, 5) is 0. The molecule has 100 valence electrons. The Morgan fingerprint density at radius 2 is 1.94 bits per heavy atom. The Bertz CT molecular complexity index is 238. The first-order chi connectivity index (χ1) is 8.22. The summed E-state index contributed by atoms with van der Waals surface area (Å²) in [5.74, 6) is 3.88. The summed E-state index contributed by atoms with van der Waals surface area (Å²) in [5.41, 5.74) is 1.66. The predicted molar refractivity (Wildman–Crippen MR) is 78.1 cm³/mol. The molecule has 17 heavy (non-hydrogen) atoms. The molecule has 4 atom stereocenters. The van der Waals surface area contributed by atoms with Crippen LogP contribution in [0.1, 0.15) is 73.1 Å². The maximum absolute atomic E-state index is 2.63. The van der Waals surface area contributed by atoms with E-state index < -0.39 is 0 Å². The second kappa shape index (κ2) is 7.24. The van der Waals surface area contributed by atoms with Crippen molar-refractivity contribution in [2.75, 3.05) is 0 Å². The molecule has 0 nitrogen and oxygen atoms in total. The fraction of sp³-hybridized carbons (Fsp3) is 0.882. The first-order valence-electron chi connectivity index (χ1n) is 7.89. The molecule has 2 aliphatic rings. The molecule has 0 N–H and O–H groups in total. The molecule has 2 aliphatic carbocycles. The molecule has 1 saturated carbocycles. The van der Waals surface area contributed by atoms with Crippen LogP contribution in [0.25, 0.3) is 0 Å². The first-order valence-corrected chi connectivity index (χ1v) is 7.89. The molecule has 4 unspecified atom stereocenters. The summed E-state index contributed by atoms with van der Waals surface area (Å²) in [6, 6.07) is 0. The minimum atomic E-state index is 0.931. The summed E-state index contributed by atoms with van der Waals surface area (Å²) in [7, 11) is 0. The normalized spacial score (nSPS) is 33.9. The van der Waals surface area contributed by atoms with E-state index in [-0.39, 0.29) is 0 Å². The van der Waals surface area contributed by atoms with Gasteiger partial charge in [0.1, 0.15) is 0 Å². The Kier molecular flexibility index (Phi) is 6.30. The van der Waals surface area contributed by atoms with Crippen LogP contribution in [0.4, 0.5) is 0 Å². The molecule has 0 heteroatoms. The smallest absolute Gasteiger partial charge is 0.0172 e. The van der Waals surface area contributed by atoms with E-state index in [1.807, 2.05) is 13.8 Å². The van der Waals surface area contributed by atoms with Crippen molar-refractivity contribution in [3.63, 3.8) is 0 Å². The lowest BCUT2D eigenvalue weighted by molar-refractivity contribution is 0.126. The average molecular weight is 236 g/mol. The molecule has 0 bridgehead atoms. The van der Waals surface area contributed by atoms with Crippen LogP contribution in [0.2, 0.25) is 0 Å². The molecule has 0 aromatic carbocycles. The highest BCUT2D eigenvalue weighted by molar-refractivity contribution is 5.10. The van der Waals surface area contributed by atoms with Crippen molar-refractivity contribution in [3.05, 3.63) is 11.6 Å². The van der Waals surface area contributed by atoms with Gasteiger partial charge in [0, 0.05) is 0 Å². The van der Waals surface area contributed by atoms with Gasteiger partial charge in [-0.15, -0.1) is 0 Å². The quantitative estimate of drug-likeness (QED) is 0.529. The Morgan fingerprint density at radius 1 is 1.24 bits per heavy atom. The standard InChI is InChI=1S/C15H26.C2H6/c1-4-12(3)14-7-5-6-13-9-8-11(2)10-15(13)14;1-2/h10,12-15H,4-9H2,1-3H3;1-2H3. The molecule has 0 heterocycles. The van der Waals surface area contributed by atoms with Crippen molar-refractivity contribution < 1.29 is 0 Å². The van der Waals surface area contributed by atoms with Crippen LogP contribution in [0.5, 0.6) is 0 Å². The van der Waals surface area contributed by atoms with Crippen molar-refractivity contribution >= 4 is 0 Å². The number of hydrogen-bond donors (Lipinski definition) is 0. The minimum Gasteiger partial charge on any atom is -0.0819 e. The van der Waals surface area contributed by atoms with Crippen molar-refractivity contribution in [2.24, 2.45) is 23.7 Å². The molecule has 0 spiro atoms. The maximum atomic E-state index is 2.63. The molecule has 1 fully saturated rings. The predicted octanol–water partition coefficient (Wildman–Crippen LogP) is 5.83. The number of rotatable bonds is 2. The van der Waals surface area contributed by atoms with Crippen LogP contribution in [0, 0.1) is 23.7 Å². The highest BCUT2D eigenvalue weighted by Crippen LogP contribution is 2.45. The topological polar surface area (TPSA) is 0 Å². The van der Waals surface area contributed by atoms with Gasteiger partial charge < -0.3 is 0 Å². The summed E-state index contributed by atoms with van der Waals surface area (Å²) in [5, 5.41) is 0. The van der Waals surface area contributed by atoms with Crippen molar-refractivity contribution in [1.82, 2.24) is 0 Å². The van der Waals surface area contributed by atoms with Gasteiger partial charge in [-0.1, -0.05) is 52.2 Å². The van der Waals surface area contributed by atoms with Crippen LogP contribution < -0.4 is 0 Å². The average Bonchev–Trinajstić information content (AvgIpc) is 2.39. The van der Waals surface area contributed by atoms with E-state index >= 15 is 0 Å². The molecule has 0 aliphatic heterocycles. The molecule has 0 amide bonds. The van der Waals surface area contributed by atoms with E-state index in [0.717, 1.165) is 23.7 Å². The van der Waals surface area contributed by atoms with Gasteiger partial charge in [0.15, 0.2) is 0 Å². The maximum Gasteiger partial charge on any atom is -0.0172 e. The van der Waals surface area contributed by atoms with Gasteiger partial charge >= 0.3 is 0 Å². The zero-order valence-corrected chi connectivity index (χ0v) is 12.6. The van der Waals surface area contributed by atoms with E-state index in [1.165, 1.54) is 38.5 Å². The molecular formula is C17H32. The van der Waals surface area contributed by atoms with Gasteiger partial charge in [-0.3, -0.25) is 0 Å². The monoisotopic (exact) mass is 236 g/mol. The fourth-order valence-electron chi connectivity index (χ4n) is 3.74. The number of hydrogen-bond acceptors (Lipinski definition) is 0.